The maximum atomic E-state index is 10.9. The van der Waals surface area contributed by atoms with Crippen LogP contribution in [0.4, 0.5) is 5.69 Å². The lowest BCUT2D eigenvalue weighted by molar-refractivity contribution is -0.384. The van der Waals surface area contributed by atoms with E-state index in [0.717, 1.165) is 31.2 Å². The zero-order valence-corrected chi connectivity index (χ0v) is 11.7. The van der Waals surface area contributed by atoms with E-state index in [1.54, 1.807) is 6.07 Å². The van der Waals surface area contributed by atoms with Crippen molar-refractivity contribution in [3.8, 4) is 11.5 Å². The van der Waals surface area contributed by atoms with E-state index in [1.807, 2.05) is 6.92 Å². The van der Waals surface area contributed by atoms with Crippen molar-refractivity contribution in [2.45, 2.75) is 38.1 Å². The molecule has 2 N–H and O–H groups in total. The van der Waals surface area contributed by atoms with Gasteiger partial charge in [-0.2, -0.15) is 4.98 Å². The lowest BCUT2D eigenvalue weighted by Crippen LogP contribution is -2.34. The van der Waals surface area contributed by atoms with Crippen LogP contribution in [0.1, 0.15) is 37.1 Å². The molecule has 2 aromatic rings. The topological polar surface area (TPSA) is 108 Å². The molecule has 1 aromatic carbocycles. The van der Waals surface area contributed by atoms with Gasteiger partial charge in [-0.15, -0.1) is 0 Å². The van der Waals surface area contributed by atoms with E-state index < -0.39 is 10.5 Å². The Labute approximate surface area is 121 Å². The number of benzene rings is 1. The van der Waals surface area contributed by atoms with E-state index in [4.69, 9.17) is 10.3 Å². The third-order valence-corrected chi connectivity index (χ3v) is 4.03. The van der Waals surface area contributed by atoms with Crippen molar-refractivity contribution in [3.63, 3.8) is 0 Å². The van der Waals surface area contributed by atoms with Crippen LogP contribution in [0.5, 0.6) is 0 Å². The van der Waals surface area contributed by atoms with E-state index in [1.165, 1.54) is 12.1 Å². The molecule has 21 heavy (non-hydrogen) atoms. The summed E-state index contributed by atoms with van der Waals surface area (Å²) in [5.74, 6) is 0.767. The Morgan fingerprint density at radius 3 is 2.76 bits per heavy atom. The highest BCUT2D eigenvalue weighted by molar-refractivity contribution is 5.62. The molecule has 7 nitrogen and oxygen atoms in total. The van der Waals surface area contributed by atoms with Crippen molar-refractivity contribution < 1.29 is 9.45 Å². The van der Waals surface area contributed by atoms with Gasteiger partial charge in [0.25, 0.3) is 11.6 Å². The summed E-state index contributed by atoms with van der Waals surface area (Å²) >= 11 is 0. The van der Waals surface area contributed by atoms with Crippen LogP contribution in [0.15, 0.2) is 22.7 Å². The number of aromatic nitrogens is 2. The predicted molar refractivity (Wildman–Crippen MR) is 75.5 cm³/mol. The lowest BCUT2D eigenvalue weighted by Gasteiger charge is -2.17. The Kier molecular flexibility index (Phi) is 3.21. The minimum atomic E-state index is -0.531. The highest BCUT2D eigenvalue weighted by Gasteiger charge is 2.36. The van der Waals surface area contributed by atoms with Crippen molar-refractivity contribution in [2.75, 3.05) is 0 Å². The maximum Gasteiger partial charge on any atom is 0.270 e. The van der Waals surface area contributed by atoms with Crippen LogP contribution in [-0.2, 0) is 5.54 Å². The van der Waals surface area contributed by atoms with Gasteiger partial charge in [-0.25, -0.2) is 0 Å². The Balaban J connectivity index is 2.00. The van der Waals surface area contributed by atoms with E-state index >= 15 is 0 Å². The first-order chi connectivity index (χ1) is 9.99. The molecule has 0 unspecified atom stereocenters. The zero-order valence-electron chi connectivity index (χ0n) is 11.7. The van der Waals surface area contributed by atoms with Crippen molar-refractivity contribution in [2.24, 2.45) is 5.73 Å². The molecule has 1 heterocycles. The summed E-state index contributed by atoms with van der Waals surface area (Å²) in [6, 6.07) is 4.58. The first-order valence-electron chi connectivity index (χ1n) is 6.88. The van der Waals surface area contributed by atoms with Crippen molar-refractivity contribution in [1.82, 2.24) is 10.1 Å². The predicted octanol–water partition coefficient (Wildman–Crippen LogP) is 2.68. The number of rotatable bonds is 3. The van der Waals surface area contributed by atoms with Gasteiger partial charge < -0.3 is 10.3 Å². The second-order valence-electron chi connectivity index (χ2n) is 5.54. The summed E-state index contributed by atoms with van der Waals surface area (Å²) < 4.78 is 5.28. The number of nitro groups is 1. The first kappa shape index (κ1) is 13.7. The Morgan fingerprint density at radius 1 is 1.38 bits per heavy atom. The molecule has 110 valence electrons. The summed E-state index contributed by atoms with van der Waals surface area (Å²) in [4.78, 5) is 14.8. The highest BCUT2D eigenvalue weighted by Crippen LogP contribution is 2.36. The third-order valence-electron chi connectivity index (χ3n) is 4.03. The number of hydrogen-bond donors (Lipinski definition) is 1. The van der Waals surface area contributed by atoms with E-state index in [9.17, 15) is 10.1 Å². The molecule has 0 atom stereocenters. The summed E-state index contributed by atoms with van der Waals surface area (Å²) in [6.45, 7) is 1.84. The second-order valence-corrected chi connectivity index (χ2v) is 5.54. The fourth-order valence-corrected chi connectivity index (χ4v) is 2.72. The van der Waals surface area contributed by atoms with E-state index in [2.05, 4.69) is 10.1 Å². The van der Waals surface area contributed by atoms with Gasteiger partial charge >= 0.3 is 0 Å². The number of nitrogens with zero attached hydrogens (tertiary/aromatic N) is 3. The van der Waals surface area contributed by atoms with Crippen molar-refractivity contribution in [3.05, 3.63) is 39.7 Å². The van der Waals surface area contributed by atoms with E-state index in [0.29, 0.717) is 11.4 Å². The number of hydrogen-bond acceptors (Lipinski definition) is 6. The molecular weight excluding hydrogens is 272 g/mol. The van der Waals surface area contributed by atoms with Crippen molar-refractivity contribution >= 4 is 5.69 Å². The quantitative estimate of drug-likeness (QED) is 0.687. The molecule has 0 amide bonds. The molecule has 0 aliphatic heterocycles. The number of nitrogens with two attached hydrogens (primary N) is 1. The minimum absolute atomic E-state index is 0.00122. The minimum Gasteiger partial charge on any atom is -0.334 e. The standard InChI is InChI=1S/C14H16N4O3/c1-9-4-5-10(18(19)20)8-11(9)12-16-13(17-21-12)14(15)6-2-3-7-14/h4-5,8H,2-3,6-7,15H2,1H3. The molecule has 7 heteroatoms. The van der Waals surface area contributed by atoms with Crippen LogP contribution in [0.3, 0.4) is 0 Å². The van der Waals surface area contributed by atoms with Crippen LogP contribution in [0.25, 0.3) is 11.5 Å². The largest absolute Gasteiger partial charge is 0.334 e. The average molecular weight is 288 g/mol. The first-order valence-corrected chi connectivity index (χ1v) is 6.88. The molecule has 1 aliphatic carbocycles. The van der Waals surface area contributed by atoms with Gasteiger partial charge in [0.15, 0.2) is 5.82 Å². The van der Waals surface area contributed by atoms with Gasteiger partial charge in [-0.1, -0.05) is 24.1 Å². The molecule has 3 rings (SSSR count). The zero-order chi connectivity index (χ0) is 15.0. The van der Waals surface area contributed by atoms with Crippen molar-refractivity contribution in [1.29, 1.82) is 0 Å². The number of aryl methyl sites for hydroxylation is 1. The Morgan fingerprint density at radius 2 is 2.10 bits per heavy atom. The molecule has 0 spiro atoms. The van der Waals surface area contributed by atoms with Gasteiger partial charge in [0.1, 0.15) is 0 Å². The van der Waals surface area contributed by atoms with Gasteiger partial charge in [0.05, 0.1) is 10.5 Å². The monoisotopic (exact) mass is 288 g/mol. The fourth-order valence-electron chi connectivity index (χ4n) is 2.72. The molecule has 0 saturated heterocycles. The summed E-state index contributed by atoms with van der Waals surface area (Å²) in [6.07, 6.45) is 3.77. The Bertz CT molecular complexity index is 689. The maximum absolute atomic E-state index is 10.9. The third kappa shape index (κ3) is 2.40. The lowest BCUT2D eigenvalue weighted by atomic mass is 9.98. The highest BCUT2D eigenvalue weighted by atomic mass is 16.6. The van der Waals surface area contributed by atoms with Gasteiger partial charge in [-0.05, 0) is 25.3 Å². The summed E-state index contributed by atoms with van der Waals surface area (Å²) in [5.41, 5.74) is 7.18. The van der Waals surface area contributed by atoms with E-state index in [-0.39, 0.29) is 11.6 Å². The molecule has 1 aromatic heterocycles. The molecular formula is C14H16N4O3. The van der Waals surface area contributed by atoms with Gasteiger partial charge in [0, 0.05) is 17.7 Å². The van der Waals surface area contributed by atoms with Gasteiger partial charge in [-0.3, -0.25) is 10.1 Å². The normalized spacial score (nSPS) is 17.0. The van der Waals surface area contributed by atoms with Crippen LogP contribution in [0.2, 0.25) is 0 Å². The summed E-state index contributed by atoms with van der Waals surface area (Å²) in [7, 11) is 0. The molecule has 1 aliphatic rings. The number of non-ortho nitro benzene ring substituents is 1. The summed E-state index contributed by atoms with van der Waals surface area (Å²) in [5, 5.41) is 14.9. The molecule has 1 saturated carbocycles. The van der Waals surface area contributed by atoms with Crippen LogP contribution < -0.4 is 5.73 Å². The molecule has 0 radical (unpaired) electrons. The average Bonchev–Trinajstić information content (AvgIpc) is 3.08. The van der Waals surface area contributed by atoms with Crippen LogP contribution >= 0.6 is 0 Å². The molecule has 1 fully saturated rings. The fraction of sp³-hybridized carbons (Fsp3) is 0.429. The smallest absolute Gasteiger partial charge is 0.270 e. The Hall–Kier alpha value is -2.28. The number of nitro benzene ring substituents is 1. The van der Waals surface area contributed by atoms with Crippen LogP contribution in [-0.4, -0.2) is 15.1 Å². The molecule has 0 bridgehead atoms. The second kappa shape index (κ2) is 4.92. The van der Waals surface area contributed by atoms with Gasteiger partial charge in [0.2, 0.25) is 0 Å². The van der Waals surface area contributed by atoms with Crippen LogP contribution in [0, 0.1) is 17.0 Å². The SMILES string of the molecule is Cc1ccc([N+](=O)[O-])cc1-c1nc(C2(N)CCCC2)no1.